The number of rotatable bonds is 2. The normalized spacial score (nSPS) is 31.9. The third-order valence-corrected chi connectivity index (χ3v) is 5.30. The van der Waals surface area contributed by atoms with Crippen LogP contribution < -0.4 is 4.74 Å². The maximum absolute atomic E-state index is 6.04. The topological polar surface area (TPSA) is 9.23 Å². The number of ether oxygens (including phenoxy) is 1. The van der Waals surface area contributed by atoms with Crippen molar-refractivity contribution in [2.24, 2.45) is 5.92 Å². The van der Waals surface area contributed by atoms with E-state index < -0.39 is 0 Å². The van der Waals surface area contributed by atoms with E-state index in [0.717, 1.165) is 18.1 Å². The van der Waals surface area contributed by atoms with Crippen molar-refractivity contribution < 1.29 is 4.74 Å². The summed E-state index contributed by atoms with van der Waals surface area (Å²) in [6.45, 7) is 0. The molecule has 0 saturated heterocycles. The van der Waals surface area contributed by atoms with Crippen molar-refractivity contribution in [1.82, 2.24) is 0 Å². The lowest BCUT2D eigenvalue weighted by atomic mass is 9.84. The van der Waals surface area contributed by atoms with Gasteiger partial charge in [-0.05, 0) is 36.8 Å². The predicted molar refractivity (Wildman–Crippen MR) is 73.9 cm³/mol. The summed E-state index contributed by atoms with van der Waals surface area (Å²) in [6.07, 6.45) is 8.22. The second-order valence-electron chi connectivity index (χ2n) is 5.35. The third kappa shape index (κ3) is 2.52. The molecule has 1 saturated carbocycles. The van der Waals surface area contributed by atoms with Gasteiger partial charge < -0.3 is 4.74 Å². The zero-order valence-corrected chi connectivity index (χ0v) is 11.7. The van der Waals surface area contributed by atoms with Gasteiger partial charge in [-0.3, -0.25) is 0 Å². The van der Waals surface area contributed by atoms with Crippen molar-refractivity contribution in [2.45, 2.75) is 49.5 Å². The van der Waals surface area contributed by atoms with E-state index in [2.05, 4.69) is 40.2 Å². The lowest BCUT2D eigenvalue weighted by Gasteiger charge is -2.29. The monoisotopic (exact) mass is 294 g/mol. The number of para-hydroxylation sites is 1. The summed E-state index contributed by atoms with van der Waals surface area (Å²) < 4.78 is 6.04. The summed E-state index contributed by atoms with van der Waals surface area (Å²) in [7, 11) is 0. The summed E-state index contributed by atoms with van der Waals surface area (Å²) in [5, 5.41) is 0. The molecule has 2 aliphatic rings. The molecule has 3 rings (SSSR count). The van der Waals surface area contributed by atoms with Gasteiger partial charge in [0.2, 0.25) is 0 Å². The molecule has 0 N–H and O–H groups in total. The molecule has 1 aromatic rings. The van der Waals surface area contributed by atoms with Crippen LogP contribution in [0.4, 0.5) is 0 Å². The molecule has 92 valence electrons. The second-order valence-corrected chi connectivity index (χ2v) is 6.52. The van der Waals surface area contributed by atoms with Crippen LogP contribution in [-0.2, 0) is 6.42 Å². The largest absolute Gasteiger partial charge is 0.490 e. The Labute approximate surface area is 112 Å². The lowest BCUT2D eigenvalue weighted by molar-refractivity contribution is 0.179. The first-order valence-corrected chi connectivity index (χ1v) is 7.63. The van der Waals surface area contributed by atoms with Gasteiger partial charge in [0.1, 0.15) is 11.9 Å². The average Bonchev–Trinajstić information content (AvgIpc) is 2.74. The van der Waals surface area contributed by atoms with Gasteiger partial charge in [0.15, 0.2) is 0 Å². The van der Waals surface area contributed by atoms with Crippen LogP contribution in [0.3, 0.4) is 0 Å². The van der Waals surface area contributed by atoms with Gasteiger partial charge in [-0.2, -0.15) is 0 Å². The van der Waals surface area contributed by atoms with Gasteiger partial charge in [0.05, 0.1) is 0 Å². The number of hydrogen-bond acceptors (Lipinski definition) is 1. The van der Waals surface area contributed by atoms with Crippen molar-refractivity contribution in [2.75, 3.05) is 0 Å². The molecule has 1 aliphatic heterocycles. The smallest absolute Gasteiger partial charge is 0.123 e. The minimum Gasteiger partial charge on any atom is -0.490 e. The average molecular weight is 295 g/mol. The van der Waals surface area contributed by atoms with E-state index in [4.69, 9.17) is 4.74 Å². The highest BCUT2D eigenvalue weighted by atomic mass is 79.9. The fourth-order valence-electron chi connectivity index (χ4n) is 3.15. The molecule has 1 fully saturated rings. The SMILES string of the molecule is BrC1CCCCC1CC1Cc2ccccc2O1. The molecule has 1 heterocycles. The Morgan fingerprint density at radius 1 is 1.18 bits per heavy atom. The molecule has 0 radical (unpaired) electrons. The quantitative estimate of drug-likeness (QED) is 0.738. The minimum absolute atomic E-state index is 0.413. The van der Waals surface area contributed by atoms with Gasteiger partial charge >= 0.3 is 0 Å². The summed E-state index contributed by atoms with van der Waals surface area (Å²) in [5.74, 6) is 1.92. The molecule has 1 nitrogen and oxygen atoms in total. The van der Waals surface area contributed by atoms with E-state index in [9.17, 15) is 0 Å². The zero-order valence-electron chi connectivity index (χ0n) is 10.1. The van der Waals surface area contributed by atoms with Gasteiger partial charge in [-0.25, -0.2) is 0 Å². The maximum atomic E-state index is 6.04. The van der Waals surface area contributed by atoms with Crippen molar-refractivity contribution >= 4 is 15.9 Å². The van der Waals surface area contributed by atoms with E-state index in [1.165, 1.54) is 37.7 Å². The fraction of sp³-hybridized carbons (Fsp3) is 0.600. The lowest BCUT2D eigenvalue weighted by Crippen LogP contribution is -2.26. The summed E-state index contributed by atoms with van der Waals surface area (Å²) in [6, 6.07) is 8.47. The van der Waals surface area contributed by atoms with Gasteiger partial charge in [-0.1, -0.05) is 47.0 Å². The molecule has 0 bridgehead atoms. The maximum Gasteiger partial charge on any atom is 0.123 e. The predicted octanol–water partition coefficient (Wildman–Crippen LogP) is 4.33. The molecule has 0 spiro atoms. The highest BCUT2D eigenvalue weighted by Gasteiger charge is 2.29. The Bertz CT molecular complexity index is 365. The van der Waals surface area contributed by atoms with Crippen LogP contribution in [0.15, 0.2) is 24.3 Å². The van der Waals surface area contributed by atoms with Crippen LogP contribution in [0, 0.1) is 5.92 Å². The number of alkyl halides is 1. The molecule has 0 aromatic heterocycles. The van der Waals surface area contributed by atoms with Crippen LogP contribution in [-0.4, -0.2) is 10.9 Å². The molecule has 3 atom stereocenters. The molecular weight excluding hydrogens is 276 g/mol. The van der Waals surface area contributed by atoms with Crippen LogP contribution >= 0.6 is 15.9 Å². The molecule has 17 heavy (non-hydrogen) atoms. The summed E-state index contributed by atoms with van der Waals surface area (Å²) in [4.78, 5) is 0.712. The zero-order chi connectivity index (χ0) is 11.7. The van der Waals surface area contributed by atoms with Crippen molar-refractivity contribution in [3.63, 3.8) is 0 Å². The first-order chi connectivity index (χ1) is 8.33. The van der Waals surface area contributed by atoms with Gasteiger partial charge in [0, 0.05) is 11.2 Å². The highest BCUT2D eigenvalue weighted by Crippen LogP contribution is 2.37. The molecular formula is C15H19BrO. The Morgan fingerprint density at radius 2 is 2.00 bits per heavy atom. The van der Waals surface area contributed by atoms with E-state index in [1.807, 2.05) is 0 Å². The van der Waals surface area contributed by atoms with Crippen LogP contribution in [0.5, 0.6) is 5.75 Å². The summed E-state index contributed by atoms with van der Waals surface area (Å²) >= 11 is 3.84. The van der Waals surface area contributed by atoms with E-state index in [1.54, 1.807) is 0 Å². The molecule has 0 amide bonds. The Morgan fingerprint density at radius 3 is 2.82 bits per heavy atom. The van der Waals surface area contributed by atoms with Crippen LogP contribution in [0.2, 0.25) is 0 Å². The molecule has 1 aromatic carbocycles. The van der Waals surface area contributed by atoms with Crippen LogP contribution in [0.25, 0.3) is 0 Å². The molecule has 2 heteroatoms. The highest BCUT2D eigenvalue weighted by molar-refractivity contribution is 9.09. The molecule has 3 unspecified atom stereocenters. The van der Waals surface area contributed by atoms with Gasteiger partial charge in [-0.15, -0.1) is 0 Å². The van der Waals surface area contributed by atoms with E-state index in [0.29, 0.717) is 10.9 Å². The Hall–Kier alpha value is -0.500. The van der Waals surface area contributed by atoms with Crippen LogP contribution in [0.1, 0.15) is 37.7 Å². The number of fused-ring (bicyclic) bond motifs is 1. The second kappa shape index (κ2) is 5.01. The first kappa shape index (κ1) is 11.6. The van der Waals surface area contributed by atoms with Crippen molar-refractivity contribution in [3.05, 3.63) is 29.8 Å². The third-order valence-electron chi connectivity index (χ3n) is 4.10. The van der Waals surface area contributed by atoms with Gasteiger partial charge in [0.25, 0.3) is 0 Å². The molecule has 1 aliphatic carbocycles. The number of benzene rings is 1. The fourth-order valence-corrected chi connectivity index (χ4v) is 3.95. The van der Waals surface area contributed by atoms with Crippen molar-refractivity contribution in [1.29, 1.82) is 0 Å². The first-order valence-electron chi connectivity index (χ1n) is 6.71. The number of halogens is 1. The van der Waals surface area contributed by atoms with E-state index in [-0.39, 0.29) is 0 Å². The van der Waals surface area contributed by atoms with Crippen molar-refractivity contribution in [3.8, 4) is 5.75 Å². The Balaban J connectivity index is 1.61. The number of hydrogen-bond donors (Lipinski definition) is 0. The summed E-state index contributed by atoms with van der Waals surface area (Å²) in [5.41, 5.74) is 1.39. The standard InChI is InChI=1S/C15H19BrO/c16-14-7-3-1-5-11(14)9-13-10-12-6-2-4-8-15(12)17-13/h2,4,6,8,11,13-14H,1,3,5,7,9-10H2. The van der Waals surface area contributed by atoms with E-state index >= 15 is 0 Å². The minimum atomic E-state index is 0.413. The Kier molecular flexibility index (Phi) is 3.41.